The number of halogens is 1. The minimum absolute atomic E-state index is 0.0820. The van der Waals surface area contributed by atoms with E-state index in [1.807, 2.05) is 18.2 Å². The van der Waals surface area contributed by atoms with Gasteiger partial charge in [0.15, 0.2) is 0 Å². The molecule has 1 aliphatic heterocycles. The lowest BCUT2D eigenvalue weighted by atomic mass is 10.1. The highest BCUT2D eigenvalue weighted by Gasteiger charge is 2.34. The Morgan fingerprint density at radius 1 is 1.10 bits per heavy atom. The zero-order valence-electron chi connectivity index (χ0n) is 16.2. The molecule has 4 rings (SSSR count). The Balaban J connectivity index is 1.58. The van der Waals surface area contributed by atoms with Crippen LogP contribution in [0, 0.1) is 5.82 Å². The van der Waals surface area contributed by atoms with E-state index < -0.39 is 5.82 Å². The number of thioether (sulfide) groups is 1. The first kappa shape index (κ1) is 20.0. The number of ether oxygens (including phenoxy) is 1. The molecule has 1 fully saturated rings. The molecular weight excluding hydrogens is 403 g/mol. The van der Waals surface area contributed by atoms with Crippen LogP contribution in [0.1, 0.15) is 21.3 Å². The first-order chi connectivity index (χ1) is 14.5. The Morgan fingerprint density at radius 2 is 1.90 bits per heavy atom. The average Bonchev–Trinajstić information content (AvgIpc) is 3.15. The smallest absolute Gasteiger partial charge is 0.255 e. The number of anilines is 2. The second-order valence-corrected chi connectivity index (χ2v) is 7.79. The van der Waals surface area contributed by atoms with Gasteiger partial charge in [0.05, 0.1) is 12.9 Å². The van der Waals surface area contributed by atoms with Crippen molar-refractivity contribution in [2.45, 2.75) is 5.37 Å². The second-order valence-electron chi connectivity index (χ2n) is 6.72. The van der Waals surface area contributed by atoms with E-state index in [4.69, 9.17) is 4.74 Å². The van der Waals surface area contributed by atoms with Crippen molar-refractivity contribution in [3.63, 3.8) is 0 Å². The molecule has 1 N–H and O–H groups in total. The highest BCUT2D eigenvalue weighted by Crippen LogP contribution is 2.42. The van der Waals surface area contributed by atoms with Crippen LogP contribution in [0.15, 0.2) is 72.8 Å². The van der Waals surface area contributed by atoms with Crippen LogP contribution in [-0.4, -0.2) is 24.7 Å². The van der Waals surface area contributed by atoms with Crippen LogP contribution in [0.5, 0.6) is 5.75 Å². The van der Waals surface area contributed by atoms with Crippen molar-refractivity contribution in [2.24, 2.45) is 0 Å². The Morgan fingerprint density at radius 3 is 2.70 bits per heavy atom. The molecule has 5 nitrogen and oxygen atoms in total. The van der Waals surface area contributed by atoms with E-state index in [0.717, 1.165) is 5.56 Å². The molecule has 7 heteroatoms. The Hall–Kier alpha value is -3.32. The van der Waals surface area contributed by atoms with Gasteiger partial charge < -0.3 is 10.1 Å². The maximum atomic E-state index is 13.7. The van der Waals surface area contributed by atoms with Crippen molar-refractivity contribution >= 4 is 35.0 Å². The van der Waals surface area contributed by atoms with Gasteiger partial charge in [-0.05, 0) is 54.1 Å². The normalized spacial score (nSPS) is 15.9. The van der Waals surface area contributed by atoms with Crippen LogP contribution >= 0.6 is 11.8 Å². The van der Waals surface area contributed by atoms with Gasteiger partial charge in [-0.1, -0.05) is 24.3 Å². The third-order valence-corrected chi connectivity index (χ3v) is 5.93. The number of rotatable bonds is 5. The van der Waals surface area contributed by atoms with E-state index in [0.29, 0.717) is 28.4 Å². The van der Waals surface area contributed by atoms with E-state index >= 15 is 0 Å². The summed E-state index contributed by atoms with van der Waals surface area (Å²) in [6.45, 7) is 0. The molecule has 3 aromatic rings. The third-order valence-electron chi connectivity index (χ3n) is 4.72. The van der Waals surface area contributed by atoms with E-state index in [-0.39, 0.29) is 17.2 Å². The minimum atomic E-state index is -0.393. The SMILES string of the molecule is COc1cccc(C(=O)Nc2cccc(C3SCC(=O)N3c3cccc(F)c3)c2)c1. The molecule has 0 radical (unpaired) electrons. The maximum absolute atomic E-state index is 13.7. The van der Waals surface area contributed by atoms with Gasteiger partial charge in [-0.15, -0.1) is 11.8 Å². The van der Waals surface area contributed by atoms with Gasteiger partial charge in [-0.25, -0.2) is 4.39 Å². The Kier molecular flexibility index (Phi) is 5.72. The quantitative estimate of drug-likeness (QED) is 0.638. The van der Waals surface area contributed by atoms with Gasteiger partial charge in [0, 0.05) is 16.9 Å². The van der Waals surface area contributed by atoms with Crippen molar-refractivity contribution in [1.82, 2.24) is 0 Å². The van der Waals surface area contributed by atoms with Crippen LogP contribution in [0.25, 0.3) is 0 Å². The van der Waals surface area contributed by atoms with Crippen LogP contribution < -0.4 is 15.0 Å². The molecule has 0 spiro atoms. The molecule has 152 valence electrons. The molecule has 0 bridgehead atoms. The van der Waals surface area contributed by atoms with Crippen molar-refractivity contribution in [1.29, 1.82) is 0 Å². The monoisotopic (exact) mass is 422 g/mol. The molecule has 2 amide bonds. The summed E-state index contributed by atoms with van der Waals surface area (Å²) < 4.78 is 18.9. The fraction of sp³-hybridized carbons (Fsp3) is 0.130. The van der Waals surface area contributed by atoms with Crippen LogP contribution in [-0.2, 0) is 4.79 Å². The standard InChI is InChI=1S/C23H19FN2O3S/c1-29-20-10-3-5-15(12-20)22(28)25-18-8-2-6-16(11-18)23-26(21(27)14-30-23)19-9-4-7-17(24)13-19/h2-13,23H,14H2,1H3,(H,25,28). The minimum Gasteiger partial charge on any atom is -0.497 e. The summed E-state index contributed by atoms with van der Waals surface area (Å²) in [4.78, 5) is 26.7. The summed E-state index contributed by atoms with van der Waals surface area (Å²) >= 11 is 1.47. The first-order valence-corrected chi connectivity index (χ1v) is 10.3. The van der Waals surface area contributed by atoms with Crippen molar-refractivity contribution in [3.8, 4) is 5.75 Å². The molecule has 1 unspecified atom stereocenters. The first-order valence-electron chi connectivity index (χ1n) is 9.30. The average molecular weight is 422 g/mol. The van der Waals surface area contributed by atoms with E-state index in [9.17, 15) is 14.0 Å². The third kappa shape index (κ3) is 4.16. The number of nitrogens with zero attached hydrogens (tertiary/aromatic N) is 1. The molecule has 0 saturated carbocycles. The molecule has 0 aliphatic carbocycles. The van der Waals surface area contributed by atoms with Crippen LogP contribution in [0.3, 0.4) is 0 Å². The van der Waals surface area contributed by atoms with Gasteiger partial charge >= 0.3 is 0 Å². The number of hydrogen-bond donors (Lipinski definition) is 1. The van der Waals surface area contributed by atoms with Gasteiger partial charge in [-0.2, -0.15) is 0 Å². The molecule has 3 aromatic carbocycles. The molecule has 0 aromatic heterocycles. The lowest BCUT2D eigenvalue weighted by Gasteiger charge is -2.24. The number of hydrogen-bond acceptors (Lipinski definition) is 4. The summed E-state index contributed by atoms with van der Waals surface area (Å²) in [6.07, 6.45) is 0. The number of nitrogens with one attached hydrogen (secondary N) is 1. The van der Waals surface area contributed by atoms with Crippen molar-refractivity contribution < 1.29 is 18.7 Å². The molecule has 1 atom stereocenters. The zero-order chi connectivity index (χ0) is 21.1. The van der Waals surface area contributed by atoms with Crippen LogP contribution in [0.2, 0.25) is 0 Å². The largest absolute Gasteiger partial charge is 0.497 e. The van der Waals surface area contributed by atoms with Crippen molar-refractivity contribution in [3.05, 3.63) is 89.7 Å². The molecule has 1 aliphatic rings. The van der Waals surface area contributed by atoms with E-state index in [1.54, 1.807) is 54.5 Å². The number of carbonyl (C=O) groups is 2. The second kappa shape index (κ2) is 8.59. The zero-order valence-corrected chi connectivity index (χ0v) is 17.0. The highest BCUT2D eigenvalue weighted by molar-refractivity contribution is 8.00. The summed E-state index contributed by atoms with van der Waals surface area (Å²) in [5.41, 5.74) is 2.45. The fourth-order valence-corrected chi connectivity index (χ4v) is 4.48. The molecular formula is C23H19FN2O3S. The maximum Gasteiger partial charge on any atom is 0.255 e. The lowest BCUT2D eigenvalue weighted by molar-refractivity contribution is -0.115. The van der Waals surface area contributed by atoms with Crippen LogP contribution in [0.4, 0.5) is 15.8 Å². The van der Waals surface area contributed by atoms with Gasteiger partial charge in [0.2, 0.25) is 5.91 Å². The van der Waals surface area contributed by atoms with E-state index in [1.165, 1.54) is 23.9 Å². The number of methoxy groups -OCH3 is 1. The topological polar surface area (TPSA) is 58.6 Å². The van der Waals surface area contributed by atoms with Crippen molar-refractivity contribution in [2.75, 3.05) is 23.1 Å². The number of benzene rings is 3. The summed E-state index contributed by atoms with van der Waals surface area (Å²) in [7, 11) is 1.55. The van der Waals surface area contributed by atoms with Gasteiger partial charge in [-0.3, -0.25) is 14.5 Å². The molecule has 30 heavy (non-hydrogen) atoms. The molecule has 1 heterocycles. The predicted molar refractivity (Wildman–Crippen MR) is 116 cm³/mol. The highest BCUT2D eigenvalue weighted by atomic mass is 32.2. The number of amides is 2. The lowest BCUT2D eigenvalue weighted by Crippen LogP contribution is -2.27. The molecule has 1 saturated heterocycles. The summed E-state index contributed by atoms with van der Waals surface area (Å²) in [5, 5.41) is 2.58. The fourth-order valence-electron chi connectivity index (χ4n) is 3.31. The number of carbonyl (C=O) groups excluding carboxylic acids is 2. The summed E-state index contributed by atoms with van der Waals surface area (Å²) in [5.74, 6) is 0.171. The Labute approximate surface area is 177 Å². The predicted octanol–water partition coefficient (Wildman–Crippen LogP) is 4.87. The van der Waals surface area contributed by atoms with Gasteiger partial charge in [0.25, 0.3) is 5.91 Å². The Bertz CT molecular complexity index is 1110. The summed E-state index contributed by atoms with van der Waals surface area (Å²) in [6, 6.07) is 20.2. The van der Waals surface area contributed by atoms with Gasteiger partial charge in [0.1, 0.15) is 16.9 Å². The van der Waals surface area contributed by atoms with E-state index in [2.05, 4.69) is 5.32 Å².